The van der Waals surface area contributed by atoms with Crippen LogP contribution < -0.4 is 0 Å². The van der Waals surface area contributed by atoms with Gasteiger partial charge in [-0.15, -0.1) is 21.5 Å². The van der Waals surface area contributed by atoms with Crippen LogP contribution >= 0.6 is 11.3 Å². The van der Waals surface area contributed by atoms with Gasteiger partial charge < -0.3 is 4.42 Å². The third kappa shape index (κ3) is 3.84. The van der Waals surface area contributed by atoms with E-state index < -0.39 is 10.2 Å². The summed E-state index contributed by atoms with van der Waals surface area (Å²) in [5.74, 6) is 1.10. The summed E-state index contributed by atoms with van der Waals surface area (Å²) < 4.78 is 34.1. The normalized spacial score (nSPS) is 18.5. The van der Waals surface area contributed by atoms with Gasteiger partial charge in [0.1, 0.15) is 0 Å². The van der Waals surface area contributed by atoms with Gasteiger partial charge in [-0.3, -0.25) is 4.90 Å². The summed E-state index contributed by atoms with van der Waals surface area (Å²) in [6, 6.07) is 3.85. The second-order valence-corrected chi connectivity index (χ2v) is 9.00. The van der Waals surface area contributed by atoms with E-state index in [-0.39, 0.29) is 6.04 Å². The van der Waals surface area contributed by atoms with Crippen LogP contribution in [0.4, 0.5) is 0 Å². The molecule has 0 radical (unpaired) electrons. The number of nitrogens with zero attached hydrogens (tertiary/aromatic N) is 5. The average molecular weight is 400 g/mol. The molecule has 0 N–H and O–H groups in total. The molecule has 0 amide bonds. The molecule has 0 aliphatic carbocycles. The molecule has 1 fully saturated rings. The molecule has 2 aromatic rings. The van der Waals surface area contributed by atoms with E-state index in [1.807, 2.05) is 38.3 Å². The van der Waals surface area contributed by atoms with Crippen LogP contribution in [0.15, 0.2) is 21.9 Å². The Morgan fingerprint density at radius 2 is 1.92 bits per heavy atom. The van der Waals surface area contributed by atoms with Crippen molar-refractivity contribution in [3.63, 3.8) is 0 Å². The predicted molar refractivity (Wildman–Crippen MR) is 101 cm³/mol. The van der Waals surface area contributed by atoms with Gasteiger partial charge in [0.2, 0.25) is 5.89 Å². The van der Waals surface area contributed by atoms with Crippen molar-refractivity contribution in [1.29, 1.82) is 0 Å². The molecule has 10 heteroatoms. The lowest BCUT2D eigenvalue weighted by Gasteiger charge is -2.37. The largest absolute Gasteiger partial charge is 0.418 e. The lowest BCUT2D eigenvalue weighted by Crippen LogP contribution is -2.53. The maximum absolute atomic E-state index is 12.6. The summed E-state index contributed by atoms with van der Waals surface area (Å²) in [5, 5.41) is 10.3. The molecule has 0 saturated carbocycles. The van der Waals surface area contributed by atoms with E-state index in [1.54, 1.807) is 15.6 Å². The minimum atomic E-state index is -3.37. The topological polar surface area (TPSA) is 82.8 Å². The highest BCUT2D eigenvalue weighted by atomic mass is 32.2. The molecular weight excluding hydrogens is 374 g/mol. The van der Waals surface area contributed by atoms with E-state index in [0.717, 1.165) is 4.88 Å². The minimum absolute atomic E-state index is 0.0467. The minimum Gasteiger partial charge on any atom is -0.418 e. The smallest absolute Gasteiger partial charge is 0.282 e. The van der Waals surface area contributed by atoms with Gasteiger partial charge >= 0.3 is 0 Å². The van der Waals surface area contributed by atoms with Crippen LogP contribution in [0.3, 0.4) is 0 Å². The lowest BCUT2D eigenvalue weighted by atomic mass is 10.2. The predicted octanol–water partition coefficient (Wildman–Crippen LogP) is 2.06. The van der Waals surface area contributed by atoms with Crippen LogP contribution in [-0.2, 0) is 10.2 Å². The fraction of sp³-hybridized carbons (Fsp3) is 0.625. The van der Waals surface area contributed by atoms with Gasteiger partial charge in [0, 0.05) is 39.3 Å². The molecule has 3 heterocycles. The van der Waals surface area contributed by atoms with Gasteiger partial charge in [0.15, 0.2) is 0 Å². The van der Waals surface area contributed by atoms with Crippen molar-refractivity contribution in [1.82, 2.24) is 23.7 Å². The van der Waals surface area contributed by atoms with Gasteiger partial charge in [-0.1, -0.05) is 19.9 Å². The summed E-state index contributed by atoms with van der Waals surface area (Å²) >= 11 is 1.56. The summed E-state index contributed by atoms with van der Waals surface area (Å²) in [6.45, 7) is 8.92. The Morgan fingerprint density at radius 3 is 2.50 bits per heavy atom. The van der Waals surface area contributed by atoms with Crippen LogP contribution in [0.1, 0.15) is 32.7 Å². The SMILES string of the molecule is CCN(CC)S(=O)(=O)N1CCN(C(C)c2nnc(-c3cccs3)o2)CC1. The van der Waals surface area contributed by atoms with Crippen LogP contribution in [0.5, 0.6) is 0 Å². The zero-order valence-corrected chi connectivity index (χ0v) is 17.0. The van der Waals surface area contributed by atoms with Crippen LogP contribution in [-0.4, -0.2) is 71.4 Å². The van der Waals surface area contributed by atoms with Gasteiger partial charge in [-0.2, -0.15) is 17.0 Å². The molecule has 8 nitrogen and oxygen atoms in total. The first-order valence-electron chi connectivity index (χ1n) is 8.83. The monoisotopic (exact) mass is 399 g/mol. The van der Waals surface area contributed by atoms with E-state index in [0.29, 0.717) is 51.0 Å². The molecule has 2 aromatic heterocycles. The third-order valence-corrected chi connectivity index (χ3v) is 7.75. The molecule has 144 valence electrons. The molecule has 0 aromatic carbocycles. The maximum Gasteiger partial charge on any atom is 0.282 e. The maximum atomic E-state index is 12.6. The fourth-order valence-electron chi connectivity index (χ4n) is 3.09. The standard InChI is InChI=1S/C16H25N5O3S2/c1-4-20(5-2)26(22,23)21-10-8-19(9-11-21)13(3)15-17-18-16(24-15)14-7-6-12-25-14/h6-7,12-13H,4-5,8-11H2,1-3H3. The van der Waals surface area contributed by atoms with E-state index in [1.165, 1.54) is 4.31 Å². The molecule has 0 spiro atoms. The first-order chi connectivity index (χ1) is 12.5. The van der Waals surface area contributed by atoms with Gasteiger partial charge in [-0.25, -0.2) is 0 Å². The highest BCUT2D eigenvalue weighted by Crippen LogP contribution is 2.27. The highest BCUT2D eigenvalue weighted by Gasteiger charge is 2.33. The number of piperazine rings is 1. The lowest BCUT2D eigenvalue weighted by molar-refractivity contribution is 0.126. The zero-order valence-electron chi connectivity index (χ0n) is 15.3. The van der Waals surface area contributed by atoms with Gasteiger partial charge in [0.05, 0.1) is 10.9 Å². The Balaban J connectivity index is 1.63. The Kier molecular flexibility index (Phi) is 6.08. The van der Waals surface area contributed by atoms with Gasteiger partial charge in [-0.05, 0) is 18.4 Å². The van der Waals surface area contributed by atoms with Crippen LogP contribution in [0, 0.1) is 0 Å². The average Bonchev–Trinajstić information content (AvgIpc) is 3.33. The van der Waals surface area contributed by atoms with E-state index in [4.69, 9.17) is 4.42 Å². The van der Waals surface area contributed by atoms with Crippen molar-refractivity contribution in [3.05, 3.63) is 23.4 Å². The van der Waals surface area contributed by atoms with Crippen molar-refractivity contribution in [2.45, 2.75) is 26.8 Å². The molecule has 1 unspecified atom stereocenters. The van der Waals surface area contributed by atoms with Gasteiger partial charge in [0.25, 0.3) is 16.1 Å². The fourth-order valence-corrected chi connectivity index (χ4v) is 5.34. The van der Waals surface area contributed by atoms with Crippen molar-refractivity contribution in [2.24, 2.45) is 0 Å². The van der Waals surface area contributed by atoms with E-state index in [9.17, 15) is 8.42 Å². The second-order valence-electron chi connectivity index (χ2n) is 6.13. The van der Waals surface area contributed by atoms with E-state index in [2.05, 4.69) is 15.1 Å². The van der Waals surface area contributed by atoms with Crippen LogP contribution in [0.2, 0.25) is 0 Å². The number of hydrogen-bond donors (Lipinski definition) is 0. The first kappa shape index (κ1) is 19.4. The van der Waals surface area contributed by atoms with Crippen molar-refractivity contribution in [2.75, 3.05) is 39.3 Å². The first-order valence-corrected chi connectivity index (χ1v) is 11.1. The summed E-state index contributed by atoms with van der Waals surface area (Å²) in [6.07, 6.45) is 0. The zero-order chi connectivity index (χ0) is 18.7. The summed E-state index contributed by atoms with van der Waals surface area (Å²) in [4.78, 5) is 3.13. The Hall–Kier alpha value is -1.33. The highest BCUT2D eigenvalue weighted by molar-refractivity contribution is 7.86. The molecule has 1 aliphatic rings. The molecule has 1 aliphatic heterocycles. The number of rotatable bonds is 7. The van der Waals surface area contributed by atoms with E-state index >= 15 is 0 Å². The molecule has 26 heavy (non-hydrogen) atoms. The number of aromatic nitrogens is 2. The molecule has 1 atom stereocenters. The summed E-state index contributed by atoms with van der Waals surface area (Å²) in [5.41, 5.74) is 0. The Morgan fingerprint density at radius 1 is 1.23 bits per heavy atom. The molecule has 1 saturated heterocycles. The van der Waals surface area contributed by atoms with Crippen molar-refractivity contribution < 1.29 is 12.8 Å². The second kappa shape index (κ2) is 8.13. The van der Waals surface area contributed by atoms with Crippen molar-refractivity contribution in [3.8, 4) is 10.8 Å². The molecule has 3 rings (SSSR count). The van der Waals surface area contributed by atoms with Crippen LogP contribution in [0.25, 0.3) is 10.8 Å². The number of hydrogen-bond acceptors (Lipinski definition) is 7. The Labute approximate surface area is 158 Å². The summed E-state index contributed by atoms with van der Waals surface area (Å²) in [7, 11) is -3.37. The molecule has 0 bridgehead atoms. The Bertz CT molecular complexity index is 794. The quantitative estimate of drug-likeness (QED) is 0.709. The number of thiophene rings is 1. The van der Waals surface area contributed by atoms with Crippen molar-refractivity contribution >= 4 is 21.5 Å². The molecular formula is C16H25N5O3S2. The third-order valence-electron chi connectivity index (χ3n) is 4.71.